The number of para-hydroxylation sites is 1. The van der Waals surface area contributed by atoms with Gasteiger partial charge in [0.05, 0.1) is 18.3 Å². The molecule has 2 amide bonds. The first-order valence-electron chi connectivity index (χ1n) is 12.8. The molecule has 4 fully saturated rings. The van der Waals surface area contributed by atoms with E-state index in [0.29, 0.717) is 29.9 Å². The third kappa shape index (κ3) is 3.48. The number of amides is 2. The topological polar surface area (TPSA) is 37.3 Å². The predicted molar refractivity (Wildman–Crippen MR) is 129 cm³/mol. The second-order valence-electron chi connectivity index (χ2n) is 11.3. The normalized spacial score (nSPS) is 30.5. The summed E-state index contributed by atoms with van der Waals surface area (Å²) in [6.07, 6.45) is 8.98. The molecule has 8 rings (SSSR count). The molecule has 0 saturated heterocycles. The molecule has 35 heavy (non-hydrogen) atoms. The van der Waals surface area contributed by atoms with Gasteiger partial charge < -0.3 is 14.8 Å². The number of nitrogens with one attached hydrogen (secondary N) is 1. The van der Waals surface area contributed by atoms with Gasteiger partial charge in [-0.3, -0.25) is 0 Å². The zero-order valence-corrected chi connectivity index (χ0v) is 19.6. The Bertz CT molecular complexity index is 1260. The second-order valence-corrected chi connectivity index (χ2v) is 11.3. The summed E-state index contributed by atoms with van der Waals surface area (Å²) in [6.45, 7) is 0.360. The molecule has 1 aromatic heterocycles. The minimum atomic E-state index is -0.638. The van der Waals surface area contributed by atoms with Crippen molar-refractivity contribution in [2.24, 2.45) is 17.8 Å². The molecule has 2 aromatic carbocycles. The van der Waals surface area contributed by atoms with E-state index in [0.717, 1.165) is 42.3 Å². The van der Waals surface area contributed by atoms with Crippen molar-refractivity contribution in [2.45, 2.75) is 56.7 Å². The number of nitrogens with zero attached hydrogens (tertiary/aromatic N) is 2. The highest BCUT2D eigenvalue weighted by molar-refractivity contribution is 5.77. The summed E-state index contributed by atoms with van der Waals surface area (Å²) in [7, 11) is 0. The maximum atomic E-state index is 14.4. The lowest BCUT2D eigenvalue weighted by Gasteiger charge is -2.57. The van der Waals surface area contributed by atoms with E-state index in [1.54, 1.807) is 4.90 Å². The maximum Gasteiger partial charge on any atom is 0.318 e. The van der Waals surface area contributed by atoms with Crippen LogP contribution in [-0.4, -0.2) is 21.0 Å². The molecule has 4 bridgehead atoms. The van der Waals surface area contributed by atoms with E-state index < -0.39 is 17.7 Å². The lowest BCUT2D eigenvalue weighted by Crippen LogP contribution is -2.62. The van der Waals surface area contributed by atoms with Crippen LogP contribution in [0.15, 0.2) is 60.8 Å². The predicted octanol–water partition coefficient (Wildman–Crippen LogP) is 6.34. The largest absolute Gasteiger partial charge is 0.332 e. The van der Waals surface area contributed by atoms with Crippen LogP contribution in [0.2, 0.25) is 0 Å². The van der Waals surface area contributed by atoms with Gasteiger partial charge in [0, 0.05) is 23.5 Å². The first kappa shape index (κ1) is 21.2. The first-order valence-corrected chi connectivity index (χ1v) is 12.8. The third-order valence-corrected chi connectivity index (χ3v) is 8.84. The van der Waals surface area contributed by atoms with Crippen molar-refractivity contribution in [1.82, 2.24) is 14.8 Å². The molecule has 6 heteroatoms. The molecule has 4 nitrogen and oxygen atoms in total. The van der Waals surface area contributed by atoms with Crippen LogP contribution in [0, 0.1) is 29.4 Å². The summed E-state index contributed by atoms with van der Waals surface area (Å²) < 4.78 is 30.8. The Balaban J connectivity index is 1.32. The van der Waals surface area contributed by atoms with E-state index in [4.69, 9.17) is 0 Å². The first-order chi connectivity index (χ1) is 17.0. The highest BCUT2D eigenvalue weighted by Crippen LogP contribution is 2.55. The number of hydrogen-bond acceptors (Lipinski definition) is 1. The van der Waals surface area contributed by atoms with Crippen molar-refractivity contribution in [3.05, 3.63) is 89.2 Å². The molecule has 1 N–H and O–H groups in total. The van der Waals surface area contributed by atoms with Gasteiger partial charge in [0.25, 0.3) is 0 Å². The molecule has 180 valence electrons. The highest BCUT2D eigenvalue weighted by Gasteiger charge is 2.52. The third-order valence-electron chi connectivity index (χ3n) is 8.84. The zero-order valence-electron chi connectivity index (χ0n) is 19.6. The molecule has 4 aliphatic carbocycles. The summed E-state index contributed by atoms with van der Waals surface area (Å²) >= 11 is 0. The minimum absolute atomic E-state index is 0.147. The number of hydrogen-bond donors (Lipinski definition) is 1. The molecular weight excluding hydrogens is 444 g/mol. The standard InChI is InChI=1S/C29H29F2N3O/c30-23-11-22(12-24(31)13-23)27-26-6-3-7-33(26)25-5-2-1-4-21(25)17-34(27)28(35)32-29-14-18-8-19(15-29)10-20(9-18)16-29/h1-7,11-13,18-20,27H,8-10,14-17H2,(H,32,35)/t18?,19?,20?,27-,29?/m1/s1. The molecule has 4 saturated carbocycles. The number of carbonyl (C=O) groups excluding carboxylic acids is 1. The number of halogens is 2. The minimum Gasteiger partial charge on any atom is -0.332 e. The molecule has 3 aromatic rings. The van der Waals surface area contributed by atoms with Crippen LogP contribution in [0.1, 0.15) is 61.4 Å². The molecular formula is C29H29F2N3O. The molecule has 0 radical (unpaired) electrons. The summed E-state index contributed by atoms with van der Waals surface area (Å²) in [4.78, 5) is 15.9. The van der Waals surface area contributed by atoms with Gasteiger partial charge >= 0.3 is 6.03 Å². The maximum absolute atomic E-state index is 14.4. The van der Waals surface area contributed by atoms with Crippen LogP contribution in [0.4, 0.5) is 13.6 Å². The number of benzene rings is 2. The average Bonchev–Trinajstić information content (AvgIpc) is 3.21. The van der Waals surface area contributed by atoms with Gasteiger partial charge in [-0.05, 0) is 97.7 Å². The SMILES string of the molecule is O=C(NC12CC3CC(CC(C3)C1)C2)N1Cc2ccccc2-n2cccc2[C@H]1c1cc(F)cc(F)c1. The molecule has 1 aliphatic heterocycles. The summed E-state index contributed by atoms with van der Waals surface area (Å²) in [5, 5.41) is 3.50. The van der Waals surface area contributed by atoms with Crippen molar-refractivity contribution in [3.63, 3.8) is 0 Å². The molecule has 5 aliphatic rings. The van der Waals surface area contributed by atoms with Gasteiger partial charge in [-0.25, -0.2) is 13.6 Å². The van der Waals surface area contributed by atoms with Crippen LogP contribution in [-0.2, 0) is 6.54 Å². The van der Waals surface area contributed by atoms with Crippen molar-refractivity contribution in [1.29, 1.82) is 0 Å². The Morgan fingerprint density at radius 3 is 2.23 bits per heavy atom. The van der Waals surface area contributed by atoms with E-state index in [9.17, 15) is 13.6 Å². The van der Waals surface area contributed by atoms with Crippen LogP contribution in [0.25, 0.3) is 5.69 Å². The van der Waals surface area contributed by atoms with Crippen molar-refractivity contribution in [3.8, 4) is 5.69 Å². The Hall–Kier alpha value is -3.15. The van der Waals surface area contributed by atoms with E-state index >= 15 is 0 Å². The fourth-order valence-corrected chi connectivity index (χ4v) is 7.99. The average molecular weight is 474 g/mol. The summed E-state index contributed by atoms with van der Waals surface area (Å²) in [5.41, 5.74) is 3.10. The summed E-state index contributed by atoms with van der Waals surface area (Å²) in [6, 6.07) is 14.7. The molecule has 2 heterocycles. The van der Waals surface area contributed by atoms with Gasteiger partial charge in [0.15, 0.2) is 0 Å². The fourth-order valence-electron chi connectivity index (χ4n) is 7.99. The van der Waals surface area contributed by atoms with Crippen LogP contribution in [0.3, 0.4) is 0 Å². The highest BCUT2D eigenvalue weighted by atomic mass is 19.1. The summed E-state index contributed by atoms with van der Waals surface area (Å²) in [5.74, 6) is 0.841. The smallest absolute Gasteiger partial charge is 0.318 e. The van der Waals surface area contributed by atoms with Gasteiger partial charge in [0.2, 0.25) is 0 Å². The monoisotopic (exact) mass is 473 g/mol. The van der Waals surface area contributed by atoms with Gasteiger partial charge in [-0.1, -0.05) is 18.2 Å². The zero-order chi connectivity index (χ0) is 23.7. The molecule has 0 unspecified atom stereocenters. The quantitative estimate of drug-likeness (QED) is 0.463. The second kappa shape index (κ2) is 7.67. The Morgan fingerprint density at radius 1 is 0.886 bits per heavy atom. The van der Waals surface area contributed by atoms with Gasteiger partial charge in [-0.2, -0.15) is 0 Å². The van der Waals surface area contributed by atoms with Crippen molar-refractivity contribution < 1.29 is 13.6 Å². The Labute approximate surface area is 203 Å². The number of fused-ring (bicyclic) bond motifs is 3. The van der Waals surface area contributed by atoms with Crippen LogP contribution < -0.4 is 5.32 Å². The van der Waals surface area contributed by atoms with Gasteiger partial charge in [-0.15, -0.1) is 0 Å². The Morgan fingerprint density at radius 2 is 1.54 bits per heavy atom. The van der Waals surface area contributed by atoms with Crippen molar-refractivity contribution in [2.75, 3.05) is 0 Å². The number of urea groups is 1. The van der Waals surface area contributed by atoms with Gasteiger partial charge in [0.1, 0.15) is 11.6 Å². The van der Waals surface area contributed by atoms with Crippen LogP contribution in [0.5, 0.6) is 0 Å². The van der Waals surface area contributed by atoms with E-state index in [1.807, 2.05) is 47.2 Å². The fraction of sp³-hybridized carbons (Fsp3) is 0.414. The van der Waals surface area contributed by atoms with Crippen molar-refractivity contribution >= 4 is 6.03 Å². The van der Waals surface area contributed by atoms with Crippen LogP contribution >= 0.6 is 0 Å². The molecule has 1 atom stereocenters. The van der Waals surface area contributed by atoms with E-state index in [1.165, 1.54) is 31.4 Å². The lowest BCUT2D eigenvalue weighted by atomic mass is 9.53. The molecule has 0 spiro atoms. The van der Waals surface area contributed by atoms with E-state index in [-0.39, 0.29) is 11.6 Å². The Kier molecular flexibility index (Phi) is 4.64. The van der Waals surface area contributed by atoms with E-state index in [2.05, 4.69) is 5.32 Å². The number of aromatic nitrogens is 1. The number of rotatable bonds is 2. The number of carbonyl (C=O) groups is 1. The lowest BCUT2D eigenvalue weighted by molar-refractivity contribution is -0.0163.